The van der Waals surface area contributed by atoms with Crippen molar-refractivity contribution in [3.63, 3.8) is 0 Å². The molecule has 0 heterocycles. The van der Waals surface area contributed by atoms with Gasteiger partial charge >= 0.3 is 5.97 Å². The van der Waals surface area contributed by atoms with E-state index in [1.807, 2.05) is 0 Å². The van der Waals surface area contributed by atoms with Gasteiger partial charge in [-0.15, -0.1) is 0 Å². The van der Waals surface area contributed by atoms with E-state index < -0.39 is 17.7 Å². The molecule has 0 spiro atoms. The van der Waals surface area contributed by atoms with Crippen molar-refractivity contribution in [3.8, 4) is 0 Å². The Hall–Kier alpha value is -2.11. The van der Waals surface area contributed by atoms with E-state index >= 15 is 0 Å². The van der Waals surface area contributed by atoms with E-state index in [4.69, 9.17) is 5.11 Å². The summed E-state index contributed by atoms with van der Waals surface area (Å²) in [6.45, 7) is 0.202. The summed E-state index contributed by atoms with van der Waals surface area (Å²) >= 11 is 0. The molecule has 0 aromatic heterocycles. The maximum atomic E-state index is 13.5. The first-order chi connectivity index (χ1) is 8.04. The standard InChI is InChI=1S/C11H13FN2O3/c1-13-11(17)8-3-2-7(6-9(8)12)14-5-4-10(15)16/h2-3,6,14H,4-5H2,1H3,(H,13,17)(H,15,16). The van der Waals surface area contributed by atoms with Gasteiger partial charge in [-0.1, -0.05) is 0 Å². The van der Waals surface area contributed by atoms with Crippen LogP contribution in [-0.4, -0.2) is 30.6 Å². The SMILES string of the molecule is CNC(=O)c1ccc(NCCC(=O)O)cc1F. The molecule has 0 aliphatic heterocycles. The lowest BCUT2D eigenvalue weighted by molar-refractivity contribution is -0.136. The average molecular weight is 240 g/mol. The first-order valence-electron chi connectivity index (χ1n) is 5.02. The van der Waals surface area contributed by atoms with Crippen LogP contribution in [-0.2, 0) is 4.79 Å². The molecule has 0 radical (unpaired) electrons. The zero-order valence-corrected chi connectivity index (χ0v) is 9.29. The zero-order chi connectivity index (χ0) is 12.8. The molecule has 0 bridgehead atoms. The minimum Gasteiger partial charge on any atom is -0.481 e. The van der Waals surface area contributed by atoms with Gasteiger partial charge in [0.25, 0.3) is 5.91 Å². The summed E-state index contributed by atoms with van der Waals surface area (Å²) in [7, 11) is 1.42. The normalized spacial score (nSPS) is 9.76. The van der Waals surface area contributed by atoms with E-state index in [9.17, 15) is 14.0 Å². The monoisotopic (exact) mass is 240 g/mol. The molecule has 17 heavy (non-hydrogen) atoms. The van der Waals surface area contributed by atoms with E-state index in [0.29, 0.717) is 5.69 Å². The Balaban J connectivity index is 2.68. The Bertz CT molecular complexity index is 435. The van der Waals surface area contributed by atoms with Gasteiger partial charge in [-0.2, -0.15) is 0 Å². The fourth-order valence-electron chi connectivity index (χ4n) is 1.26. The number of carbonyl (C=O) groups excluding carboxylic acids is 1. The number of anilines is 1. The fraction of sp³-hybridized carbons (Fsp3) is 0.273. The van der Waals surface area contributed by atoms with Crippen LogP contribution in [0.2, 0.25) is 0 Å². The molecule has 0 saturated carbocycles. The number of carbonyl (C=O) groups is 2. The quantitative estimate of drug-likeness (QED) is 0.719. The highest BCUT2D eigenvalue weighted by atomic mass is 19.1. The minimum atomic E-state index is -0.931. The highest BCUT2D eigenvalue weighted by Crippen LogP contribution is 2.14. The van der Waals surface area contributed by atoms with Crippen molar-refractivity contribution in [1.29, 1.82) is 0 Å². The van der Waals surface area contributed by atoms with Gasteiger partial charge in [0.15, 0.2) is 0 Å². The lowest BCUT2D eigenvalue weighted by Gasteiger charge is -2.07. The van der Waals surface area contributed by atoms with Gasteiger partial charge in [-0.3, -0.25) is 9.59 Å². The second-order valence-corrected chi connectivity index (χ2v) is 3.34. The second-order valence-electron chi connectivity index (χ2n) is 3.34. The van der Waals surface area contributed by atoms with Crippen molar-refractivity contribution in [3.05, 3.63) is 29.6 Å². The molecule has 0 atom stereocenters. The Kier molecular flexibility index (Phi) is 4.45. The van der Waals surface area contributed by atoms with Crippen molar-refractivity contribution in [2.24, 2.45) is 0 Å². The highest BCUT2D eigenvalue weighted by Gasteiger charge is 2.10. The molecule has 1 rings (SSSR count). The largest absolute Gasteiger partial charge is 0.481 e. The second kappa shape index (κ2) is 5.83. The lowest BCUT2D eigenvalue weighted by Crippen LogP contribution is -2.19. The van der Waals surface area contributed by atoms with Crippen LogP contribution in [0.4, 0.5) is 10.1 Å². The molecule has 5 nitrogen and oxygen atoms in total. The van der Waals surface area contributed by atoms with Crippen LogP contribution in [0.15, 0.2) is 18.2 Å². The third kappa shape index (κ3) is 3.75. The zero-order valence-electron chi connectivity index (χ0n) is 9.29. The summed E-state index contributed by atoms with van der Waals surface area (Å²) in [6.07, 6.45) is -0.0567. The first kappa shape index (κ1) is 13.0. The number of amides is 1. The summed E-state index contributed by atoms with van der Waals surface area (Å²) in [5.74, 6) is -2.08. The fourth-order valence-corrected chi connectivity index (χ4v) is 1.26. The minimum absolute atomic E-state index is 0.0451. The number of carboxylic acid groups (broad SMARTS) is 1. The molecule has 1 aromatic carbocycles. The van der Waals surface area contributed by atoms with Gasteiger partial charge in [-0.25, -0.2) is 4.39 Å². The van der Waals surface area contributed by atoms with Crippen molar-refractivity contribution in [2.45, 2.75) is 6.42 Å². The number of hydrogen-bond acceptors (Lipinski definition) is 3. The summed E-state index contributed by atoms with van der Waals surface area (Å²) in [6, 6.07) is 4.03. The Morgan fingerprint density at radius 1 is 1.41 bits per heavy atom. The number of nitrogens with one attached hydrogen (secondary N) is 2. The molecule has 92 valence electrons. The van der Waals surface area contributed by atoms with Crippen LogP contribution in [0.25, 0.3) is 0 Å². The predicted molar refractivity (Wildman–Crippen MR) is 60.5 cm³/mol. The number of halogens is 1. The van der Waals surface area contributed by atoms with Crippen molar-refractivity contribution >= 4 is 17.6 Å². The molecular formula is C11H13FN2O3. The van der Waals surface area contributed by atoms with Crippen LogP contribution in [0.3, 0.4) is 0 Å². The maximum absolute atomic E-state index is 13.5. The Morgan fingerprint density at radius 3 is 2.65 bits per heavy atom. The maximum Gasteiger partial charge on any atom is 0.305 e. The van der Waals surface area contributed by atoms with Crippen LogP contribution in [0.1, 0.15) is 16.8 Å². The average Bonchev–Trinajstić information content (AvgIpc) is 2.28. The smallest absolute Gasteiger partial charge is 0.305 e. The summed E-state index contributed by atoms with van der Waals surface area (Å²) in [5, 5.41) is 13.5. The number of hydrogen-bond donors (Lipinski definition) is 3. The van der Waals surface area contributed by atoms with Gasteiger partial charge < -0.3 is 15.7 Å². The van der Waals surface area contributed by atoms with Gasteiger partial charge in [0.05, 0.1) is 12.0 Å². The number of benzene rings is 1. The number of rotatable bonds is 5. The van der Waals surface area contributed by atoms with Crippen molar-refractivity contribution in [1.82, 2.24) is 5.32 Å². The third-order valence-corrected chi connectivity index (χ3v) is 2.11. The topological polar surface area (TPSA) is 78.4 Å². The van der Waals surface area contributed by atoms with E-state index in [1.165, 1.54) is 19.2 Å². The van der Waals surface area contributed by atoms with Crippen LogP contribution < -0.4 is 10.6 Å². The first-order valence-corrected chi connectivity index (χ1v) is 5.02. The predicted octanol–water partition coefficient (Wildman–Crippen LogP) is 1.07. The van der Waals surface area contributed by atoms with Gasteiger partial charge in [0, 0.05) is 19.3 Å². The molecule has 3 N–H and O–H groups in total. The lowest BCUT2D eigenvalue weighted by atomic mass is 10.2. The number of carboxylic acids is 1. The van der Waals surface area contributed by atoms with Crippen molar-refractivity contribution in [2.75, 3.05) is 18.9 Å². The van der Waals surface area contributed by atoms with Crippen LogP contribution in [0, 0.1) is 5.82 Å². The molecule has 6 heteroatoms. The summed E-state index contributed by atoms with van der Waals surface area (Å²) in [5.41, 5.74) is 0.396. The van der Waals surface area contributed by atoms with Gasteiger partial charge in [-0.05, 0) is 18.2 Å². The molecular weight excluding hydrogens is 227 g/mol. The van der Waals surface area contributed by atoms with E-state index in [-0.39, 0.29) is 18.5 Å². The molecule has 0 aliphatic rings. The van der Waals surface area contributed by atoms with Crippen LogP contribution in [0.5, 0.6) is 0 Å². The summed E-state index contributed by atoms with van der Waals surface area (Å²) in [4.78, 5) is 21.5. The van der Waals surface area contributed by atoms with Gasteiger partial charge in [0.1, 0.15) is 5.82 Å². The molecule has 0 aliphatic carbocycles. The number of aliphatic carboxylic acids is 1. The summed E-state index contributed by atoms with van der Waals surface area (Å²) < 4.78 is 13.5. The van der Waals surface area contributed by atoms with Crippen LogP contribution >= 0.6 is 0 Å². The molecule has 1 amide bonds. The highest BCUT2D eigenvalue weighted by molar-refractivity contribution is 5.94. The van der Waals surface area contributed by atoms with Crippen molar-refractivity contribution < 1.29 is 19.1 Å². The molecule has 0 saturated heterocycles. The molecule has 0 fully saturated rings. The Morgan fingerprint density at radius 2 is 2.12 bits per heavy atom. The Labute approximate surface area is 97.6 Å². The third-order valence-electron chi connectivity index (χ3n) is 2.11. The molecule has 1 aromatic rings. The van der Waals surface area contributed by atoms with E-state index in [1.54, 1.807) is 0 Å². The van der Waals surface area contributed by atoms with E-state index in [2.05, 4.69) is 10.6 Å². The van der Waals surface area contributed by atoms with Gasteiger partial charge in [0.2, 0.25) is 0 Å². The molecule has 0 unspecified atom stereocenters. The van der Waals surface area contributed by atoms with E-state index in [0.717, 1.165) is 6.07 Å².